The summed E-state index contributed by atoms with van der Waals surface area (Å²) in [5.74, 6) is 0.723. The van der Waals surface area contributed by atoms with Crippen molar-refractivity contribution in [1.29, 1.82) is 0 Å². The molecule has 206 valence electrons. The van der Waals surface area contributed by atoms with E-state index in [-0.39, 0.29) is 0 Å². The molecule has 0 spiro atoms. The molecule has 0 bridgehead atoms. The lowest BCUT2D eigenvalue weighted by atomic mass is 10.0. The van der Waals surface area contributed by atoms with Crippen molar-refractivity contribution < 1.29 is 0 Å². The van der Waals surface area contributed by atoms with Crippen molar-refractivity contribution in [2.45, 2.75) is 39.5 Å². The summed E-state index contributed by atoms with van der Waals surface area (Å²) in [4.78, 5) is 13.2. The molecule has 4 aromatic rings. The van der Waals surface area contributed by atoms with Crippen molar-refractivity contribution >= 4 is 51.1 Å². The van der Waals surface area contributed by atoms with Gasteiger partial charge in [0.2, 0.25) is 0 Å². The predicted octanol–water partition coefficient (Wildman–Crippen LogP) is 8.52. The quantitative estimate of drug-likeness (QED) is 0.177. The Hall–Kier alpha value is -3.52. The number of hydrogen-bond donors (Lipinski definition) is 2. The molecule has 0 radical (unpaired) electrons. The SMILES string of the molecule is C=C/C(=C\C(=C/C)c1ccc2[nH]nc(C(=C)Nc3nccc(-c4ccc(Cl)s4)c3C)c2n1)CCCN1CCCC1. The van der Waals surface area contributed by atoms with Crippen molar-refractivity contribution in [2.75, 3.05) is 25.0 Å². The number of nitrogens with one attached hydrogen (secondary N) is 2. The number of thiophene rings is 1. The molecule has 0 unspecified atom stereocenters. The lowest BCUT2D eigenvalue weighted by molar-refractivity contribution is 0.334. The summed E-state index contributed by atoms with van der Waals surface area (Å²) in [7, 11) is 0. The molecule has 1 fully saturated rings. The highest BCUT2D eigenvalue weighted by Gasteiger charge is 2.16. The van der Waals surface area contributed by atoms with Crippen molar-refractivity contribution in [3.05, 3.63) is 94.8 Å². The van der Waals surface area contributed by atoms with Gasteiger partial charge < -0.3 is 10.2 Å². The summed E-state index contributed by atoms with van der Waals surface area (Å²) < 4.78 is 0.757. The molecule has 40 heavy (non-hydrogen) atoms. The second kappa shape index (κ2) is 12.8. The fourth-order valence-electron chi connectivity index (χ4n) is 5.11. The standard InChI is InChI=1S/C32H35ClN6S/c1-5-23(10-9-19-39-17-7-8-18-39)20-24(6-2)26-11-12-27-31(36-26)30(38-37-27)22(4)35-32-21(3)25(15-16-34-32)28-13-14-29(33)40-28/h5-6,11-16,20H,1,4,7-10,17-19H2,2-3H3,(H,34,35)(H,37,38)/b23-20+,24-6+. The number of rotatable bonds is 11. The van der Waals surface area contributed by atoms with Gasteiger partial charge in [-0.05, 0) is 112 Å². The smallest absolute Gasteiger partial charge is 0.134 e. The molecule has 0 amide bonds. The van der Waals surface area contributed by atoms with Crippen LogP contribution in [0.4, 0.5) is 5.82 Å². The first-order valence-corrected chi connectivity index (χ1v) is 14.9. The van der Waals surface area contributed by atoms with Crippen LogP contribution in [-0.4, -0.2) is 44.7 Å². The molecule has 1 saturated heterocycles. The van der Waals surface area contributed by atoms with Gasteiger partial charge in [-0.25, -0.2) is 9.97 Å². The molecule has 1 aliphatic rings. The number of aromatic nitrogens is 4. The van der Waals surface area contributed by atoms with Gasteiger partial charge in [0, 0.05) is 16.6 Å². The maximum absolute atomic E-state index is 6.18. The summed E-state index contributed by atoms with van der Waals surface area (Å²) in [6.07, 6.45) is 12.8. The highest BCUT2D eigenvalue weighted by atomic mass is 35.5. The van der Waals surface area contributed by atoms with Gasteiger partial charge >= 0.3 is 0 Å². The van der Waals surface area contributed by atoms with E-state index in [0.29, 0.717) is 11.4 Å². The Bertz CT molecular complexity index is 1590. The third-order valence-corrected chi connectivity index (χ3v) is 8.62. The molecule has 6 nitrogen and oxygen atoms in total. The Balaban J connectivity index is 1.35. The molecule has 0 aliphatic carbocycles. The van der Waals surface area contributed by atoms with Crippen molar-refractivity contribution in [2.24, 2.45) is 0 Å². The van der Waals surface area contributed by atoms with E-state index in [4.69, 9.17) is 16.6 Å². The van der Waals surface area contributed by atoms with Gasteiger partial charge in [-0.15, -0.1) is 11.3 Å². The van der Waals surface area contributed by atoms with Gasteiger partial charge in [0.25, 0.3) is 0 Å². The second-order valence-corrected chi connectivity index (χ2v) is 11.7. The van der Waals surface area contributed by atoms with Crippen molar-refractivity contribution in [3.63, 3.8) is 0 Å². The highest BCUT2D eigenvalue weighted by Crippen LogP contribution is 2.35. The first-order valence-electron chi connectivity index (χ1n) is 13.7. The molecule has 8 heteroatoms. The normalized spacial score (nSPS) is 14.7. The summed E-state index contributed by atoms with van der Waals surface area (Å²) >= 11 is 7.72. The second-order valence-electron chi connectivity index (χ2n) is 10.0. The Labute approximate surface area is 245 Å². The van der Waals surface area contributed by atoms with E-state index in [9.17, 15) is 0 Å². The number of likely N-dealkylation sites (tertiary alicyclic amines) is 1. The first-order chi connectivity index (χ1) is 19.5. The Kier molecular flexibility index (Phi) is 8.94. The van der Waals surface area contributed by atoms with Crippen molar-refractivity contribution in [1.82, 2.24) is 25.1 Å². The number of anilines is 1. The first kappa shape index (κ1) is 28.0. The maximum atomic E-state index is 6.18. The number of pyridine rings is 2. The molecule has 0 saturated carbocycles. The summed E-state index contributed by atoms with van der Waals surface area (Å²) in [5, 5.41) is 11.0. The fourth-order valence-corrected chi connectivity index (χ4v) is 6.24. The molecule has 1 aliphatic heterocycles. The summed E-state index contributed by atoms with van der Waals surface area (Å²) in [5.41, 5.74) is 8.16. The van der Waals surface area contributed by atoms with Gasteiger partial charge in [0.1, 0.15) is 17.0 Å². The lowest BCUT2D eigenvalue weighted by Crippen LogP contribution is -2.20. The van der Waals surface area contributed by atoms with Gasteiger partial charge in [-0.3, -0.25) is 5.10 Å². The molecule has 4 aromatic heterocycles. The van der Waals surface area contributed by atoms with E-state index < -0.39 is 0 Å². The van der Waals surface area contributed by atoms with Gasteiger partial charge in [0.15, 0.2) is 0 Å². The summed E-state index contributed by atoms with van der Waals surface area (Å²) in [6, 6.07) is 9.98. The van der Waals surface area contributed by atoms with E-state index >= 15 is 0 Å². The molecule has 0 aromatic carbocycles. The van der Waals surface area contributed by atoms with Crippen LogP contribution in [0, 0.1) is 6.92 Å². The number of H-pyrrole nitrogens is 1. The van der Waals surface area contributed by atoms with Crippen LogP contribution in [0.1, 0.15) is 49.6 Å². The minimum absolute atomic E-state index is 0.624. The lowest BCUT2D eigenvalue weighted by Gasteiger charge is -2.14. The zero-order chi connectivity index (χ0) is 28.1. The van der Waals surface area contributed by atoms with E-state index in [1.54, 1.807) is 17.5 Å². The Morgan fingerprint density at radius 3 is 2.75 bits per heavy atom. The van der Waals surface area contributed by atoms with E-state index in [0.717, 1.165) is 67.8 Å². The van der Waals surface area contributed by atoms with E-state index in [1.165, 1.54) is 31.5 Å². The fraction of sp³-hybridized carbons (Fsp3) is 0.281. The van der Waals surface area contributed by atoms with Gasteiger partial charge in [0.05, 0.1) is 21.2 Å². The minimum Gasteiger partial charge on any atom is -0.339 e. The monoisotopic (exact) mass is 570 g/mol. The number of fused-ring (bicyclic) bond motifs is 1. The topological polar surface area (TPSA) is 69.7 Å². The predicted molar refractivity (Wildman–Crippen MR) is 171 cm³/mol. The van der Waals surface area contributed by atoms with Gasteiger partial charge in [-0.2, -0.15) is 5.10 Å². The number of aromatic amines is 1. The highest BCUT2D eigenvalue weighted by molar-refractivity contribution is 7.19. The molecule has 5 rings (SSSR count). The third kappa shape index (κ3) is 6.28. The Morgan fingerprint density at radius 2 is 2.02 bits per heavy atom. The van der Waals surface area contributed by atoms with Crippen molar-refractivity contribution in [3.8, 4) is 10.4 Å². The van der Waals surface area contributed by atoms with Crippen LogP contribution in [0.25, 0.3) is 32.7 Å². The zero-order valence-electron chi connectivity index (χ0n) is 23.1. The zero-order valence-corrected chi connectivity index (χ0v) is 24.7. The molecule has 2 N–H and O–H groups in total. The Morgan fingerprint density at radius 1 is 1.20 bits per heavy atom. The van der Waals surface area contributed by atoms with Crippen LogP contribution < -0.4 is 5.32 Å². The van der Waals surface area contributed by atoms with E-state index in [2.05, 4.69) is 50.7 Å². The number of halogens is 1. The van der Waals surface area contributed by atoms with Crippen LogP contribution in [0.3, 0.4) is 0 Å². The van der Waals surface area contributed by atoms with Crippen LogP contribution in [-0.2, 0) is 0 Å². The van der Waals surface area contributed by atoms with Crippen LogP contribution in [0.2, 0.25) is 4.34 Å². The van der Waals surface area contributed by atoms with Crippen LogP contribution in [0.5, 0.6) is 0 Å². The van der Waals surface area contributed by atoms with Crippen LogP contribution in [0.15, 0.2) is 73.5 Å². The number of hydrogen-bond acceptors (Lipinski definition) is 6. The average molecular weight is 571 g/mol. The number of nitrogens with zero attached hydrogens (tertiary/aromatic N) is 4. The molecular weight excluding hydrogens is 536 g/mol. The summed E-state index contributed by atoms with van der Waals surface area (Å²) in [6.45, 7) is 16.0. The minimum atomic E-state index is 0.624. The third-order valence-electron chi connectivity index (χ3n) is 7.35. The number of allylic oxidation sites excluding steroid dienone is 5. The van der Waals surface area contributed by atoms with E-state index in [1.807, 2.05) is 50.3 Å². The molecule has 0 atom stereocenters. The largest absolute Gasteiger partial charge is 0.339 e. The maximum Gasteiger partial charge on any atom is 0.134 e. The average Bonchev–Trinajstić information content (AvgIpc) is 3.73. The molecule has 5 heterocycles. The van der Waals surface area contributed by atoms with Gasteiger partial charge in [-0.1, -0.05) is 36.9 Å². The van der Waals surface area contributed by atoms with Crippen LogP contribution >= 0.6 is 22.9 Å². The molecular formula is C32H35ClN6S.